The molecule has 5 rings (SSSR count). The van der Waals surface area contributed by atoms with E-state index in [9.17, 15) is 14.7 Å². The number of amides is 1. The second-order valence-electron chi connectivity index (χ2n) is 8.11. The van der Waals surface area contributed by atoms with E-state index in [2.05, 4.69) is 10.00 Å². The van der Waals surface area contributed by atoms with E-state index in [4.69, 9.17) is 0 Å². The smallest absolute Gasteiger partial charge is 0.275 e. The highest BCUT2D eigenvalue weighted by Crippen LogP contribution is 2.27. The van der Waals surface area contributed by atoms with Crippen molar-refractivity contribution < 1.29 is 9.90 Å². The molecule has 1 aromatic heterocycles. The predicted molar refractivity (Wildman–Crippen MR) is 128 cm³/mol. The molecule has 3 aromatic carbocycles. The fraction of sp³-hybridized carbons (Fsp3) is 0.192. The number of carbonyl (C=O) groups excluding carboxylic acids is 1. The van der Waals surface area contributed by atoms with E-state index in [1.165, 1.54) is 4.68 Å². The molecule has 1 N–H and O–H groups in total. The molecular weight excluding hydrogens is 416 g/mol. The number of phenols is 1. The van der Waals surface area contributed by atoms with Gasteiger partial charge in [0.1, 0.15) is 5.75 Å². The second-order valence-corrected chi connectivity index (χ2v) is 8.11. The molecule has 1 fully saturated rings. The number of fused-ring (bicyclic) bond motifs is 1. The first-order valence-electron chi connectivity index (χ1n) is 11.0. The summed E-state index contributed by atoms with van der Waals surface area (Å²) in [5, 5.41) is 15.7. The van der Waals surface area contributed by atoms with E-state index >= 15 is 0 Å². The number of carbonyl (C=O) groups is 1. The molecular formula is C26H24N4O3. The Morgan fingerprint density at radius 2 is 1.45 bits per heavy atom. The maximum absolute atomic E-state index is 13.5. The maximum Gasteiger partial charge on any atom is 0.275 e. The normalized spacial score (nSPS) is 13.9. The molecule has 1 amide bonds. The minimum Gasteiger partial charge on any atom is -0.506 e. The maximum atomic E-state index is 13.5. The fourth-order valence-corrected chi connectivity index (χ4v) is 4.29. The number of piperazine rings is 1. The third kappa shape index (κ3) is 4.05. The molecule has 7 heteroatoms. The van der Waals surface area contributed by atoms with Crippen LogP contribution in [-0.4, -0.2) is 51.9 Å². The molecule has 0 spiro atoms. The second kappa shape index (κ2) is 8.78. The highest BCUT2D eigenvalue weighted by Gasteiger charge is 2.26. The Bertz CT molecular complexity index is 1360. The number of para-hydroxylation sites is 2. The molecule has 1 aliphatic heterocycles. The molecule has 2 heterocycles. The van der Waals surface area contributed by atoms with Crippen molar-refractivity contribution in [3.8, 4) is 5.75 Å². The molecule has 0 saturated carbocycles. The zero-order valence-corrected chi connectivity index (χ0v) is 18.1. The van der Waals surface area contributed by atoms with Gasteiger partial charge in [0, 0.05) is 31.6 Å². The van der Waals surface area contributed by atoms with Crippen LogP contribution in [0.4, 0.5) is 5.69 Å². The Hall–Kier alpha value is -4.13. The number of rotatable bonds is 4. The van der Waals surface area contributed by atoms with Crippen LogP contribution in [0.15, 0.2) is 83.7 Å². The van der Waals surface area contributed by atoms with Crippen LogP contribution in [-0.2, 0) is 6.54 Å². The third-order valence-electron chi connectivity index (χ3n) is 6.03. The van der Waals surface area contributed by atoms with Crippen LogP contribution < -0.4 is 10.5 Å². The van der Waals surface area contributed by atoms with Gasteiger partial charge in [0.15, 0.2) is 5.69 Å². The van der Waals surface area contributed by atoms with Crippen molar-refractivity contribution in [2.24, 2.45) is 0 Å². The van der Waals surface area contributed by atoms with E-state index < -0.39 is 0 Å². The van der Waals surface area contributed by atoms with Crippen molar-refractivity contribution in [1.82, 2.24) is 14.7 Å². The van der Waals surface area contributed by atoms with E-state index in [0.29, 0.717) is 43.5 Å². The van der Waals surface area contributed by atoms with Gasteiger partial charge in [-0.15, -0.1) is 0 Å². The molecule has 1 saturated heterocycles. The number of nitrogens with zero attached hydrogens (tertiary/aromatic N) is 4. The first-order valence-corrected chi connectivity index (χ1v) is 11.0. The predicted octanol–water partition coefficient (Wildman–Crippen LogP) is 3.11. The Labute approximate surface area is 191 Å². The van der Waals surface area contributed by atoms with Crippen molar-refractivity contribution in [2.45, 2.75) is 6.54 Å². The van der Waals surface area contributed by atoms with Crippen LogP contribution in [0.2, 0.25) is 0 Å². The van der Waals surface area contributed by atoms with Gasteiger partial charge in [-0.05, 0) is 23.8 Å². The summed E-state index contributed by atoms with van der Waals surface area (Å²) in [5.41, 5.74) is 1.79. The highest BCUT2D eigenvalue weighted by atomic mass is 16.3. The van der Waals surface area contributed by atoms with Crippen molar-refractivity contribution in [2.75, 3.05) is 31.1 Å². The summed E-state index contributed by atoms with van der Waals surface area (Å²) in [6.07, 6.45) is 0. The molecule has 7 nitrogen and oxygen atoms in total. The number of benzene rings is 3. The van der Waals surface area contributed by atoms with Gasteiger partial charge in [0.05, 0.1) is 17.6 Å². The molecule has 166 valence electrons. The fourth-order valence-electron chi connectivity index (χ4n) is 4.29. The number of aromatic hydroxyl groups is 1. The molecule has 0 aliphatic carbocycles. The number of anilines is 1. The van der Waals surface area contributed by atoms with Crippen LogP contribution in [0, 0.1) is 0 Å². The molecule has 1 aliphatic rings. The van der Waals surface area contributed by atoms with Crippen molar-refractivity contribution in [1.29, 1.82) is 0 Å². The summed E-state index contributed by atoms with van der Waals surface area (Å²) < 4.78 is 1.38. The summed E-state index contributed by atoms with van der Waals surface area (Å²) in [6.45, 7) is 2.50. The van der Waals surface area contributed by atoms with Gasteiger partial charge >= 0.3 is 0 Å². The molecule has 0 atom stereocenters. The van der Waals surface area contributed by atoms with Gasteiger partial charge in [-0.3, -0.25) is 9.59 Å². The third-order valence-corrected chi connectivity index (χ3v) is 6.03. The lowest BCUT2D eigenvalue weighted by atomic mass is 10.1. The summed E-state index contributed by atoms with van der Waals surface area (Å²) in [4.78, 5) is 30.4. The van der Waals surface area contributed by atoms with Crippen LogP contribution in [0.1, 0.15) is 16.1 Å². The first-order chi connectivity index (χ1) is 16.1. The van der Waals surface area contributed by atoms with Gasteiger partial charge in [0.25, 0.3) is 11.5 Å². The van der Waals surface area contributed by atoms with Crippen molar-refractivity contribution in [3.05, 3.63) is 100 Å². The monoisotopic (exact) mass is 440 g/mol. The molecule has 0 bridgehead atoms. The zero-order chi connectivity index (χ0) is 22.8. The van der Waals surface area contributed by atoms with Gasteiger partial charge in [0.2, 0.25) is 0 Å². The summed E-state index contributed by atoms with van der Waals surface area (Å²) >= 11 is 0. The van der Waals surface area contributed by atoms with Gasteiger partial charge in [-0.2, -0.15) is 5.10 Å². The van der Waals surface area contributed by atoms with Crippen LogP contribution >= 0.6 is 0 Å². The topological polar surface area (TPSA) is 78.7 Å². The molecule has 0 radical (unpaired) electrons. The van der Waals surface area contributed by atoms with Crippen LogP contribution in [0.25, 0.3) is 10.8 Å². The number of hydrogen-bond donors (Lipinski definition) is 1. The summed E-state index contributed by atoms with van der Waals surface area (Å²) in [5.74, 6) is 0.0443. The van der Waals surface area contributed by atoms with E-state index in [1.807, 2.05) is 48.5 Å². The Kier molecular flexibility index (Phi) is 5.52. The molecule has 4 aromatic rings. The van der Waals surface area contributed by atoms with Gasteiger partial charge < -0.3 is 14.9 Å². The first kappa shape index (κ1) is 20.8. The molecule has 33 heavy (non-hydrogen) atoms. The largest absolute Gasteiger partial charge is 0.506 e. The van der Waals surface area contributed by atoms with Crippen LogP contribution in [0.5, 0.6) is 5.75 Å². The summed E-state index contributed by atoms with van der Waals surface area (Å²) in [6, 6.07) is 24.0. The van der Waals surface area contributed by atoms with Crippen molar-refractivity contribution >= 4 is 22.4 Å². The average molecular weight is 441 g/mol. The van der Waals surface area contributed by atoms with E-state index in [1.54, 1.807) is 35.2 Å². The van der Waals surface area contributed by atoms with Crippen molar-refractivity contribution in [3.63, 3.8) is 0 Å². The zero-order valence-electron chi connectivity index (χ0n) is 18.1. The van der Waals surface area contributed by atoms with Crippen LogP contribution in [0.3, 0.4) is 0 Å². The lowest BCUT2D eigenvalue weighted by Gasteiger charge is -2.36. The quantitative estimate of drug-likeness (QED) is 0.528. The standard InChI is InChI=1S/C26H24N4O3/c31-23-13-7-6-12-22(23)28-14-16-29(17-15-28)26(33)24-20-10-4-5-11-21(20)25(32)30(27-24)18-19-8-2-1-3-9-19/h1-13,31H,14-18H2. The lowest BCUT2D eigenvalue weighted by molar-refractivity contribution is 0.0740. The average Bonchev–Trinajstić information content (AvgIpc) is 2.86. The highest BCUT2D eigenvalue weighted by molar-refractivity contribution is 6.04. The summed E-state index contributed by atoms with van der Waals surface area (Å²) in [7, 11) is 0. The van der Waals surface area contributed by atoms with E-state index in [-0.39, 0.29) is 22.9 Å². The minimum atomic E-state index is -0.213. The van der Waals surface area contributed by atoms with Gasteiger partial charge in [-0.1, -0.05) is 60.7 Å². The van der Waals surface area contributed by atoms with E-state index in [0.717, 1.165) is 11.3 Å². The number of aromatic nitrogens is 2. The minimum absolute atomic E-state index is 0.190. The number of phenolic OH excluding ortho intramolecular Hbond substituents is 1. The SMILES string of the molecule is O=C(c1nn(Cc2ccccc2)c(=O)c2ccccc12)N1CCN(c2ccccc2O)CC1. The Morgan fingerprint density at radius 3 is 2.18 bits per heavy atom. The Balaban J connectivity index is 1.44. The molecule has 0 unspecified atom stereocenters. The van der Waals surface area contributed by atoms with Gasteiger partial charge in [-0.25, -0.2) is 4.68 Å². The Morgan fingerprint density at radius 1 is 0.818 bits per heavy atom. The number of hydrogen-bond acceptors (Lipinski definition) is 5. The lowest BCUT2D eigenvalue weighted by Crippen LogP contribution is -2.49.